The first kappa shape index (κ1) is 16.4. The number of amides is 2. The van der Waals surface area contributed by atoms with Gasteiger partial charge in [-0.2, -0.15) is 4.98 Å². The highest BCUT2D eigenvalue weighted by atomic mass is 19.3. The van der Waals surface area contributed by atoms with Crippen LogP contribution in [0.4, 0.5) is 8.78 Å². The van der Waals surface area contributed by atoms with Crippen LogP contribution in [0.5, 0.6) is 0 Å². The normalized spacial score (nSPS) is 26.1. The van der Waals surface area contributed by atoms with Crippen LogP contribution in [0.25, 0.3) is 0 Å². The van der Waals surface area contributed by atoms with Gasteiger partial charge in [0.2, 0.25) is 17.7 Å². The number of carbonyl (C=O) groups excluding carboxylic acids is 2. The molecule has 7 nitrogen and oxygen atoms in total. The summed E-state index contributed by atoms with van der Waals surface area (Å²) in [6.45, 7) is 3.63. The van der Waals surface area contributed by atoms with E-state index in [9.17, 15) is 18.4 Å². The summed E-state index contributed by atoms with van der Waals surface area (Å²) in [5, 5.41) is 3.74. The molecule has 2 amide bonds. The van der Waals surface area contributed by atoms with Gasteiger partial charge in [0.05, 0.1) is 12.0 Å². The Balaban J connectivity index is 1.36. The lowest BCUT2D eigenvalue weighted by Gasteiger charge is -2.45. The Labute approximate surface area is 143 Å². The van der Waals surface area contributed by atoms with Crippen molar-refractivity contribution in [2.75, 3.05) is 19.6 Å². The van der Waals surface area contributed by atoms with Gasteiger partial charge in [0, 0.05) is 33.0 Å². The number of aryl methyl sites for hydroxylation is 1. The summed E-state index contributed by atoms with van der Waals surface area (Å²) in [5.74, 6) is -2.68. The number of hydrogen-bond acceptors (Lipinski definition) is 5. The van der Waals surface area contributed by atoms with Crippen LogP contribution >= 0.6 is 0 Å². The fraction of sp³-hybridized carbons (Fsp3) is 0.750. The molecule has 1 atom stereocenters. The van der Waals surface area contributed by atoms with Gasteiger partial charge in [-0.1, -0.05) is 5.16 Å². The summed E-state index contributed by atoms with van der Waals surface area (Å²) in [7, 11) is 0. The number of halogens is 2. The Hall–Kier alpha value is -2.06. The van der Waals surface area contributed by atoms with E-state index in [2.05, 4.69) is 10.1 Å². The first-order chi connectivity index (χ1) is 11.7. The molecule has 3 aliphatic rings. The van der Waals surface area contributed by atoms with Crippen molar-refractivity contribution in [2.24, 2.45) is 5.41 Å². The van der Waals surface area contributed by atoms with Crippen LogP contribution in [-0.2, 0) is 9.59 Å². The van der Waals surface area contributed by atoms with Crippen molar-refractivity contribution in [1.82, 2.24) is 19.9 Å². The lowest BCUT2D eigenvalue weighted by Crippen LogP contribution is -2.63. The van der Waals surface area contributed by atoms with Crippen molar-refractivity contribution in [3.63, 3.8) is 0 Å². The number of nitrogens with zero attached hydrogens (tertiary/aromatic N) is 4. The van der Waals surface area contributed by atoms with E-state index in [1.807, 2.05) is 0 Å². The van der Waals surface area contributed by atoms with Crippen LogP contribution in [0.15, 0.2) is 4.52 Å². The molecule has 25 heavy (non-hydrogen) atoms. The average molecular weight is 354 g/mol. The standard InChI is InChI=1S/C16H20F2N4O3/c1-9-19-13(25-20-9)10-5-12(23)22(6-10)11-7-21(8-11)14(24)16(3-4-16)15(2,17)18/h10-11H,3-8H2,1-2H3. The van der Waals surface area contributed by atoms with Gasteiger partial charge in [-0.3, -0.25) is 9.59 Å². The van der Waals surface area contributed by atoms with Crippen LogP contribution in [0, 0.1) is 12.3 Å². The number of alkyl halides is 2. The smallest absolute Gasteiger partial charge is 0.259 e. The third-order valence-corrected chi connectivity index (χ3v) is 5.64. The van der Waals surface area contributed by atoms with Crippen molar-refractivity contribution in [1.29, 1.82) is 0 Å². The van der Waals surface area contributed by atoms with Crippen molar-refractivity contribution in [3.05, 3.63) is 11.7 Å². The molecule has 136 valence electrons. The predicted octanol–water partition coefficient (Wildman–Crippen LogP) is 1.34. The van der Waals surface area contributed by atoms with Crippen LogP contribution in [0.2, 0.25) is 0 Å². The molecule has 1 aromatic heterocycles. The highest BCUT2D eigenvalue weighted by Crippen LogP contribution is 2.58. The van der Waals surface area contributed by atoms with Gasteiger partial charge in [-0.05, 0) is 19.8 Å². The minimum absolute atomic E-state index is 0.0279. The van der Waals surface area contributed by atoms with E-state index >= 15 is 0 Å². The van der Waals surface area contributed by atoms with E-state index in [1.165, 1.54) is 4.90 Å². The number of rotatable bonds is 4. The summed E-state index contributed by atoms with van der Waals surface area (Å²) in [6, 6.07) is -0.119. The van der Waals surface area contributed by atoms with Crippen LogP contribution in [0.1, 0.15) is 43.8 Å². The lowest BCUT2D eigenvalue weighted by atomic mass is 9.94. The zero-order valence-electron chi connectivity index (χ0n) is 14.2. The van der Waals surface area contributed by atoms with Crippen molar-refractivity contribution in [2.45, 2.75) is 51.0 Å². The number of likely N-dealkylation sites (tertiary alicyclic amines) is 2. The quantitative estimate of drug-likeness (QED) is 0.815. The topological polar surface area (TPSA) is 79.5 Å². The Morgan fingerprint density at radius 1 is 1.32 bits per heavy atom. The molecule has 0 N–H and O–H groups in total. The van der Waals surface area contributed by atoms with Gasteiger partial charge in [-0.15, -0.1) is 0 Å². The molecule has 0 radical (unpaired) electrons. The van der Waals surface area contributed by atoms with E-state index < -0.39 is 17.2 Å². The van der Waals surface area contributed by atoms with Crippen LogP contribution < -0.4 is 0 Å². The Kier molecular flexibility index (Phi) is 3.42. The third-order valence-electron chi connectivity index (χ3n) is 5.64. The summed E-state index contributed by atoms with van der Waals surface area (Å²) in [5.41, 5.74) is -1.52. The molecule has 3 heterocycles. The third kappa shape index (κ3) is 2.51. The van der Waals surface area contributed by atoms with Crippen molar-refractivity contribution < 1.29 is 22.9 Å². The fourth-order valence-electron chi connectivity index (χ4n) is 3.82. The van der Waals surface area contributed by atoms with Crippen LogP contribution in [-0.4, -0.2) is 63.4 Å². The summed E-state index contributed by atoms with van der Waals surface area (Å²) in [6.07, 6.45) is 0.762. The predicted molar refractivity (Wildman–Crippen MR) is 80.8 cm³/mol. The van der Waals surface area contributed by atoms with Gasteiger partial charge < -0.3 is 14.3 Å². The fourth-order valence-corrected chi connectivity index (χ4v) is 3.82. The van der Waals surface area contributed by atoms with Gasteiger partial charge in [0.25, 0.3) is 5.92 Å². The number of hydrogen-bond donors (Lipinski definition) is 0. The highest BCUT2D eigenvalue weighted by molar-refractivity contribution is 5.88. The second kappa shape index (κ2) is 5.22. The molecule has 9 heteroatoms. The first-order valence-corrected chi connectivity index (χ1v) is 8.48. The second-order valence-corrected chi connectivity index (χ2v) is 7.46. The number of aromatic nitrogens is 2. The van der Waals surface area contributed by atoms with E-state index in [0.717, 1.165) is 6.92 Å². The van der Waals surface area contributed by atoms with E-state index in [4.69, 9.17) is 4.52 Å². The van der Waals surface area contributed by atoms with Gasteiger partial charge in [0.1, 0.15) is 5.41 Å². The molecule has 1 aliphatic carbocycles. The molecule has 1 saturated carbocycles. The summed E-state index contributed by atoms with van der Waals surface area (Å²) in [4.78, 5) is 32.0. The SMILES string of the molecule is Cc1noc(C2CC(=O)N(C3CN(C(=O)C4(C(C)(F)F)CC4)C3)C2)n1. The lowest BCUT2D eigenvalue weighted by molar-refractivity contribution is -0.161. The van der Waals surface area contributed by atoms with E-state index in [-0.39, 0.29) is 30.7 Å². The monoisotopic (exact) mass is 354 g/mol. The Morgan fingerprint density at radius 2 is 2.00 bits per heavy atom. The minimum atomic E-state index is -3.00. The molecule has 0 spiro atoms. The Morgan fingerprint density at radius 3 is 2.52 bits per heavy atom. The molecule has 0 aromatic carbocycles. The molecule has 3 fully saturated rings. The van der Waals surface area contributed by atoms with Crippen LogP contribution in [0.3, 0.4) is 0 Å². The van der Waals surface area contributed by atoms with E-state index in [0.29, 0.717) is 37.8 Å². The van der Waals surface area contributed by atoms with Crippen molar-refractivity contribution >= 4 is 11.8 Å². The van der Waals surface area contributed by atoms with Gasteiger partial charge in [-0.25, -0.2) is 8.78 Å². The molecule has 1 unspecified atom stereocenters. The van der Waals surface area contributed by atoms with Gasteiger partial charge >= 0.3 is 0 Å². The second-order valence-electron chi connectivity index (χ2n) is 7.46. The molecule has 1 aromatic rings. The minimum Gasteiger partial charge on any atom is -0.339 e. The largest absolute Gasteiger partial charge is 0.339 e. The number of carbonyl (C=O) groups is 2. The van der Waals surface area contributed by atoms with E-state index in [1.54, 1.807) is 11.8 Å². The first-order valence-electron chi connectivity index (χ1n) is 8.48. The molecular weight excluding hydrogens is 334 g/mol. The van der Waals surface area contributed by atoms with Crippen molar-refractivity contribution in [3.8, 4) is 0 Å². The average Bonchev–Trinajstić information content (AvgIpc) is 3.08. The maximum Gasteiger partial charge on any atom is 0.259 e. The molecule has 2 aliphatic heterocycles. The summed E-state index contributed by atoms with van der Waals surface area (Å²) < 4.78 is 32.5. The summed E-state index contributed by atoms with van der Waals surface area (Å²) >= 11 is 0. The molecule has 0 bridgehead atoms. The molecule has 4 rings (SSSR count). The highest BCUT2D eigenvalue weighted by Gasteiger charge is 2.66. The molecule has 2 saturated heterocycles. The Bertz CT molecular complexity index is 719. The maximum absolute atomic E-state index is 13.7. The van der Waals surface area contributed by atoms with Gasteiger partial charge in [0.15, 0.2) is 5.82 Å². The molecular formula is C16H20F2N4O3. The zero-order valence-corrected chi connectivity index (χ0v) is 14.2. The zero-order chi connectivity index (χ0) is 18.0. The maximum atomic E-state index is 13.7.